The lowest BCUT2D eigenvalue weighted by molar-refractivity contribution is -0.130. The molecular weight excluding hydrogens is 214 g/mol. The van der Waals surface area contributed by atoms with Crippen LogP contribution in [0, 0.1) is 0 Å². The fourth-order valence-electron chi connectivity index (χ4n) is 1.63. The molecule has 88 valence electrons. The van der Waals surface area contributed by atoms with Crippen LogP contribution in [0.5, 0.6) is 0 Å². The summed E-state index contributed by atoms with van der Waals surface area (Å²) >= 11 is 1.56. The van der Waals surface area contributed by atoms with Crippen LogP contribution >= 0.6 is 11.8 Å². The molecule has 1 aliphatic heterocycles. The van der Waals surface area contributed by atoms with Crippen LogP contribution in [0.1, 0.15) is 19.8 Å². The highest BCUT2D eigenvalue weighted by Crippen LogP contribution is 2.14. The van der Waals surface area contributed by atoms with Gasteiger partial charge < -0.3 is 15.2 Å². The summed E-state index contributed by atoms with van der Waals surface area (Å²) in [6, 6.07) is -0.0262. The number of carbonyl (C=O) groups is 1. The maximum Gasteiger partial charge on any atom is 0.249 e. The van der Waals surface area contributed by atoms with Crippen molar-refractivity contribution < 1.29 is 14.6 Å². The molecule has 2 N–H and O–H groups in total. The smallest absolute Gasteiger partial charge is 0.249 e. The third-order valence-electron chi connectivity index (χ3n) is 2.63. The number of amides is 1. The zero-order valence-corrected chi connectivity index (χ0v) is 10.0. The molecule has 0 radical (unpaired) electrons. The zero-order valence-electron chi connectivity index (χ0n) is 9.23. The highest BCUT2D eigenvalue weighted by atomic mass is 32.2. The van der Waals surface area contributed by atoms with Crippen molar-refractivity contribution in [3.05, 3.63) is 0 Å². The summed E-state index contributed by atoms with van der Waals surface area (Å²) in [5.74, 6) is -0.0486. The molecule has 0 spiro atoms. The number of nitrogens with one attached hydrogen (secondary N) is 1. The van der Waals surface area contributed by atoms with Crippen LogP contribution in [0.2, 0.25) is 0 Å². The molecule has 0 aromatic carbocycles. The standard InChI is InChI=1S/C10H19NO3S/c1-7(9(6-12)15-2)11-10(13)8-4-3-5-14-8/h7-9,12H,3-6H2,1-2H3,(H,11,13)/t7?,8-,9?/m1/s1. The first kappa shape index (κ1) is 12.8. The number of aliphatic hydroxyl groups excluding tert-OH is 1. The second-order valence-electron chi connectivity index (χ2n) is 3.76. The van der Waals surface area contributed by atoms with E-state index in [-0.39, 0.29) is 29.9 Å². The molecule has 1 rings (SSSR count). The number of ether oxygens (including phenoxy) is 1. The van der Waals surface area contributed by atoms with Crippen LogP contribution < -0.4 is 5.32 Å². The maximum atomic E-state index is 11.7. The highest BCUT2D eigenvalue weighted by molar-refractivity contribution is 7.99. The molecule has 2 unspecified atom stereocenters. The Balaban J connectivity index is 2.35. The molecule has 0 bridgehead atoms. The minimum atomic E-state index is -0.284. The second-order valence-corrected chi connectivity index (χ2v) is 4.83. The molecule has 15 heavy (non-hydrogen) atoms. The lowest BCUT2D eigenvalue weighted by Crippen LogP contribution is -2.45. The molecule has 4 nitrogen and oxygen atoms in total. The van der Waals surface area contributed by atoms with Crippen molar-refractivity contribution >= 4 is 17.7 Å². The monoisotopic (exact) mass is 233 g/mol. The quantitative estimate of drug-likeness (QED) is 0.721. The van der Waals surface area contributed by atoms with E-state index in [2.05, 4.69) is 5.32 Å². The predicted molar refractivity (Wildman–Crippen MR) is 61.0 cm³/mol. The van der Waals surface area contributed by atoms with E-state index in [9.17, 15) is 4.79 Å². The van der Waals surface area contributed by atoms with E-state index in [0.717, 1.165) is 12.8 Å². The zero-order chi connectivity index (χ0) is 11.3. The minimum absolute atomic E-state index is 0.0262. The van der Waals surface area contributed by atoms with Gasteiger partial charge in [0.1, 0.15) is 6.10 Å². The van der Waals surface area contributed by atoms with Gasteiger partial charge >= 0.3 is 0 Å². The van der Waals surface area contributed by atoms with Crippen molar-refractivity contribution in [3.8, 4) is 0 Å². The van der Waals surface area contributed by atoms with E-state index in [0.29, 0.717) is 6.61 Å². The van der Waals surface area contributed by atoms with Crippen LogP contribution in [0.4, 0.5) is 0 Å². The Morgan fingerprint density at radius 1 is 1.73 bits per heavy atom. The predicted octanol–water partition coefficient (Wildman–Crippen LogP) is 0.394. The second kappa shape index (κ2) is 6.35. The number of hydrogen-bond donors (Lipinski definition) is 2. The van der Waals surface area contributed by atoms with Gasteiger partial charge in [0.25, 0.3) is 0 Å². The minimum Gasteiger partial charge on any atom is -0.395 e. The fraction of sp³-hybridized carbons (Fsp3) is 0.900. The average Bonchev–Trinajstić information content (AvgIpc) is 2.72. The largest absolute Gasteiger partial charge is 0.395 e. The molecular formula is C10H19NO3S. The summed E-state index contributed by atoms with van der Waals surface area (Å²) in [6.45, 7) is 2.66. The number of hydrogen-bond acceptors (Lipinski definition) is 4. The van der Waals surface area contributed by atoms with Crippen LogP contribution in [0.3, 0.4) is 0 Å². The summed E-state index contributed by atoms with van der Waals surface area (Å²) < 4.78 is 5.28. The number of thioether (sulfide) groups is 1. The fourth-order valence-corrected chi connectivity index (χ4v) is 2.26. The van der Waals surface area contributed by atoms with Crippen molar-refractivity contribution in [3.63, 3.8) is 0 Å². The van der Waals surface area contributed by atoms with Gasteiger partial charge in [0.05, 0.1) is 6.61 Å². The van der Waals surface area contributed by atoms with Crippen LogP contribution in [-0.4, -0.2) is 47.9 Å². The van der Waals surface area contributed by atoms with E-state index in [1.165, 1.54) is 0 Å². The molecule has 1 aliphatic rings. The lowest BCUT2D eigenvalue weighted by atomic mass is 10.2. The first-order valence-corrected chi connectivity index (χ1v) is 6.53. The van der Waals surface area contributed by atoms with Gasteiger partial charge in [-0.05, 0) is 26.0 Å². The van der Waals surface area contributed by atoms with Crippen molar-refractivity contribution in [1.29, 1.82) is 0 Å². The third kappa shape index (κ3) is 3.66. The maximum absolute atomic E-state index is 11.7. The summed E-state index contributed by atoms with van der Waals surface area (Å²) in [5.41, 5.74) is 0. The van der Waals surface area contributed by atoms with Crippen LogP contribution in [0.25, 0.3) is 0 Å². The van der Waals surface area contributed by atoms with Gasteiger partial charge in [-0.15, -0.1) is 0 Å². The Hall–Kier alpha value is -0.260. The van der Waals surface area contributed by atoms with Gasteiger partial charge in [-0.1, -0.05) is 0 Å². The van der Waals surface area contributed by atoms with E-state index in [4.69, 9.17) is 9.84 Å². The van der Waals surface area contributed by atoms with Gasteiger partial charge in [-0.3, -0.25) is 4.79 Å². The molecule has 1 heterocycles. The lowest BCUT2D eigenvalue weighted by Gasteiger charge is -2.22. The molecule has 0 aromatic rings. The molecule has 3 atom stereocenters. The topological polar surface area (TPSA) is 58.6 Å². The van der Waals surface area contributed by atoms with E-state index in [1.54, 1.807) is 11.8 Å². The number of carbonyl (C=O) groups excluding carboxylic acids is 1. The third-order valence-corrected chi connectivity index (χ3v) is 3.80. The Kier molecular flexibility index (Phi) is 5.42. The van der Waals surface area contributed by atoms with Gasteiger partial charge in [0.2, 0.25) is 5.91 Å². The SMILES string of the molecule is CSC(CO)C(C)NC(=O)[C@H]1CCCO1. The number of rotatable bonds is 5. The molecule has 1 saturated heterocycles. The van der Waals surface area contributed by atoms with Crippen molar-refractivity contribution in [2.45, 2.75) is 37.2 Å². The van der Waals surface area contributed by atoms with E-state index >= 15 is 0 Å². The molecule has 5 heteroatoms. The average molecular weight is 233 g/mol. The number of aliphatic hydroxyl groups is 1. The van der Waals surface area contributed by atoms with E-state index < -0.39 is 0 Å². The van der Waals surface area contributed by atoms with Crippen molar-refractivity contribution in [2.24, 2.45) is 0 Å². The molecule has 1 amide bonds. The van der Waals surface area contributed by atoms with Crippen LogP contribution in [0.15, 0.2) is 0 Å². The summed E-state index contributed by atoms with van der Waals surface area (Å²) in [5, 5.41) is 12.0. The first-order valence-electron chi connectivity index (χ1n) is 5.24. The van der Waals surface area contributed by atoms with Crippen molar-refractivity contribution in [2.75, 3.05) is 19.5 Å². The Bertz CT molecular complexity index is 203. The molecule has 1 fully saturated rings. The van der Waals surface area contributed by atoms with E-state index in [1.807, 2.05) is 13.2 Å². The normalized spacial score (nSPS) is 24.9. The Morgan fingerprint density at radius 3 is 2.93 bits per heavy atom. The Labute approximate surface area is 94.8 Å². The first-order chi connectivity index (χ1) is 7.19. The summed E-state index contributed by atoms with van der Waals surface area (Å²) in [7, 11) is 0. The van der Waals surface area contributed by atoms with Gasteiger partial charge in [-0.2, -0.15) is 11.8 Å². The van der Waals surface area contributed by atoms with Gasteiger partial charge in [0, 0.05) is 17.9 Å². The molecule has 0 aromatic heterocycles. The van der Waals surface area contributed by atoms with Crippen molar-refractivity contribution in [1.82, 2.24) is 5.32 Å². The Morgan fingerprint density at radius 2 is 2.47 bits per heavy atom. The summed E-state index contributed by atoms with van der Waals surface area (Å²) in [4.78, 5) is 11.7. The van der Waals surface area contributed by atoms with Gasteiger partial charge in [-0.25, -0.2) is 0 Å². The highest BCUT2D eigenvalue weighted by Gasteiger charge is 2.26. The van der Waals surface area contributed by atoms with Gasteiger partial charge in [0.15, 0.2) is 0 Å². The molecule has 0 aliphatic carbocycles. The van der Waals surface area contributed by atoms with Crippen LogP contribution in [-0.2, 0) is 9.53 Å². The summed E-state index contributed by atoms with van der Waals surface area (Å²) in [6.07, 6.45) is 3.41. The molecule has 0 saturated carbocycles.